The molecular weight excluding hydrogens is 334 g/mol. The van der Waals surface area contributed by atoms with Crippen molar-refractivity contribution >= 4 is 17.6 Å². The van der Waals surface area contributed by atoms with Gasteiger partial charge in [-0.25, -0.2) is 4.79 Å². The van der Waals surface area contributed by atoms with Crippen LogP contribution < -0.4 is 14.8 Å². The summed E-state index contributed by atoms with van der Waals surface area (Å²) in [5.74, 6) is 0.0260. The van der Waals surface area contributed by atoms with Crippen LogP contribution in [0.25, 0.3) is 0 Å². The number of ether oxygens (including phenoxy) is 2. The Labute approximate surface area is 151 Å². The molecule has 0 fully saturated rings. The molecule has 136 valence electrons. The van der Waals surface area contributed by atoms with Crippen molar-refractivity contribution in [3.05, 3.63) is 53.1 Å². The Kier molecular flexibility index (Phi) is 4.59. The number of amides is 1. The second kappa shape index (κ2) is 6.71. The lowest BCUT2D eigenvalue weighted by molar-refractivity contribution is -0.120. The molecule has 2 N–H and O–H groups in total. The average Bonchev–Trinajstić information content (AvgIpc) is 2.62. The number of carboxylic acids is 1. The standard InChI is InChI=1S/C20H21NO5/c1-12-4-6-14(11-15(12)18(22)23)21-19(24)20(2,3)13-5-7-16-17(10-13)26-9-8-25-16/h4-7,10-11H,8-9H2,1-3H3,(H,21,24)(H,22,23). The highest BCUT2D eigenvalue weighted by Gasteiger charge is 2.31. The number of fused-ring (bicyclic) bond motifs is 1. The maximum atomic E-state index is 12.8. The summed E-state index contributed by atoms with van der Waals surface area (Å²) in [4.78, 5) is 24.1. The Morgan fingerprint density at radius 2 is 1.73 bits per heavy atom. The van der Waals surface area contributed by atoms with Gasteiger partial charge in [0.2, 0.25) is 5.91 Å². The first-order valence-corrected chi connectivity index (χ1v) is 8.34. The summed E-state index contributed by atoms with van der Waals surface area (Å²) in [6.07, 6.45) is 0. The maximum absolute atomic E-state index is 12.8. The van der Waals surface area contributed by atoms with Gasteiger partial charge in [-0.05, 0) is 56.2 Å². The third kappa shape index (κ3) is 3.35. The summed E-state index contributed by atoms with van der Waals surface area (Å²) in [6, 6.07) is 10.3. The van der Waals surface area contributed by atoms with Crippen LogP contribution in [-0.2, 0) is 10.2 Å². The zero-order chi connectivity index (χ0) is 18.9. The quantitative estimate of drug-likeness (QED) is 0.878. The number of aryl methyl sites for hydroxylation is 1. The number of hydrogen-bond acceptors (Lipinski definition) is 4. The molecule has 0 atom stereocenters. The molecule has 0 spiro atoms. The average molecular weight is 355 g/mol. The van der Waals surface area contributed by atoms with Gasteiger partial charge in [-0.2, -0.15) is 0 Å². The molecule has 1 heterocycles. The van der Waals surface area contributed by atoms with E-state index in [1.807, 2.05) is 12.1 Å². The van der Waals surface area contributed by atoms with Crippen molar-refractivity contribution in [2.75, 3.05) is 18.5 Å². The highest BCUT2D eigenvalue weighted by atomic mass is 16.6. The van der Waals surface area contributed by atoms with E-state index in [4.69, 9.17) is 9.47 Å². The molecule has 0 unspecified atom stereocenters. The molecule has 1 amide bonds. The Morgan fingerprint density at radius 3 is 2.42 bits per heavy atom. The van der Waals surface area contributed by atoms with Crippen molar-refractivity contribution in [2.45, 2.75) is 26.2 Å². The van der Waals surface area contributed by atoms with Crippen molar-refractivity contribution in [1.82, 2.24) is 0 Å². The van der Waals surface area contributed by atoms with Crippen LogP contribution in [0.4, 0.5) is 5.69 Å². The predicted octanol–water partition coefficient (Wildman–Crippen LogP) is 3.38. The van der Waals surface area contributed by atoms with Crippen molar-refractivity contribution in [3.8, 4) is 11.5 Å². The topological polar surface area (TPSA) is 84.9 Å². The SMILES string of the molecule is Cc1ccc(NC(=O)C(C)(C)c2ccc3c(c2)OCCO3)cc1C(=O)O. The molecule has 0 aliphatic carbocycles. The number of carbonyl (C=O) groups is 2. The summed E-state index contributed by atoms with van der Waals surface area (Å²) in [6.45, 7) is 6.31. The molecule has 0 bridgehead atoms. The Balaban J connectivity index is 1.84. The van der Waals surface area contributed by atoms with Crippen LogP contribution in [0, 0.1) is 6.92 Å². The second-order valence-corrected chi connectivity index (χ2v) is 6.77. The minimum absolute atomic E-state index is 0.167. The van der Waals surface area contributed by atoms with E-state index in [0.717, 1.165) is 5.56 Å². The van der Waals surface area contributed by atoms with Crippen LogP contribution in [0.5, 0.6) is 11.5 Å². The summed E-state index contributed by atoms with van der Waals surface area (Å²) >= 11 is 0. The summed E-state index contributed by atoms with van der Waals surface area (Å²) in [7, 11) is 0. The van der Waals surface area contributed by atoms with E-state index in [2.05, 4.69) is 5.32 Å². The molecule has 26 heavy (non-hydrogen) atoms. The Bertz CT molecular complexity index is 873. The van der Waals surface area contributed by atoms with E-state index in [9.17, 15) is 14.7 Å². The lowest BCUT2D eigenvalue weighted by Crippen LogP contribution is -2.35. The summed E-state index contributed by atoms with van der Waals surface area (Å²) in [5, 5.41) is 12.0. The number of carbonyl (C=O) groups excluding carboxylic acids is 1. The van der Waals surface area contributed by atoms with E-state index < -0.39 is 11.4 Å². The first-order valence-electron chi connectivity index (χ1n) is 8.34. The van der Waals surface area contributed by atoms with Crippen LogP contribution >= 0.6 is 0 Å². The first kappa shape index (κ1) is 17.8. The highest BCUT2D eigenvalue weighted by Crippen LogP contribution is 2.35. The van der Waals surface area contributed by atoms with Crippen LogP contribution in [0.1, 0.15) is 35.3 Å². The van der Waals surface area contributed by atoms with Gasteiger partial charge in [0.25, 0.3) is 0 Å². The molecule has 2 aromatic rings. The molecular formula is C20H21NO5. The molecule has 0 aromatic heterocycles. The van der Waals surface area contributed by atoms with Crippen LogP contribution in [0.3, 0.4) is 0 Å². The normalized spacial score (nSPS) is 13.2. The number of aromatic carboxylic acids is 1. The Morgan fingerprint density at radius 1 is 1.04 bits per heavy atom. The number of rotatable bonds is 4. The van der Waals surface area contributed by atoms with Gasteiger partial charge in [0, 0.05) is 5.69 Å². The van der Waals surface area contributed by atoms with Gasteiger partial charge < -0.3 is 19.9 Å². The molecule has 2 aromatic carbocycles. The second-order valence-electron chi connectivity index (χ2n) is 6.77. The maximum Gasteiger partial charge on any atom is 0.336 e. The van der Waals surface area contributed by atoms with E-state index in [1.54, 1.807) is 39.0 Å². The molecule has 0 saturated heterocycles. The molecule has 3 rings (SSSR count). The fraction of sp³-hybridized carbons (Fsp3) is 0.300. The van der Waals surface area contributed by atoms with Gasteiger partial charge in [0.1, 0.15) is 13.2 Å². The van der Waals surface area contributed by atoms with Gasteiger partial charge in [0.15, 0.2) is 11.5 Å². The highest BCUT2D eigenvalue weighted by molar-refractivity contribution is 6.00. The fourth-order valence-corrected chi connectivity index (χ4v) is 2.78. The van der Waals surface area contributed by atoms with E-state index in [1.165, 1.54) is 6.07 Å². The molecule has 0 saturated carbocycles. The third-order valence-corrected chi connectivity index (χ3v) is 4.56. The molecule has 1 aliphatic heterocycles. The molecule has 6 nitrogen and oxygen atoms in total. The van der Waals surface area contributed by atoms with Gasteiger partial charge in [-0.3, -0.25) is 4.79 Å². The zero-order valence-corrected chi connectivity index (χ0v) is 15.0. The summed E-state index contributed by atoms with van der Waals surface area (Å²) in [5.41, 5.74) is 1.19. The number of benzene rings is 2. The van der Waals surface area contributed by atoms with Gasteiger partial charge in [-0.1, -0.05) is 12.1 Å². The lowest BCUT2D eigenvalue weighted by atomic mass is 9.83. The minimum atomic E-state index is -1.02. The predicted molar refractivity (Wildman–Crippen MR) is 97.2 cm³/mol. The molecule has 6 heteroatoms. The zero-order valence-electron chi connectivity index (χ0n) is 15.0. The van der Waals surface area contributed by atoms with E-state index in [-0.39, 0.29) is 11.5 Å². The van der Waals surface area contributed by atoms with E-state index >= 15 is 0 Å². The largest absolute Gasteiger partial charge is 0.486 e. The number of carboxylic acid groups (broad SMARTS) is 1. The van der Waals surface area contributed by atoms with Crippen molar-refractivity contribution in [1.29, 1.82) is 0 Å². The minimum Gasteiger partial charge on any atom is -0.486 e. The van der Waals surface area contributed by atoms with E-state index in [0.29, 0.717) is 36.0 Å². The molecule has 0 radical (unpaired) electrons. The smallest absolute Gasteiger partial charge is 0.336 e. The van der Waals surface area contributed by atoms with Crippen LogP contribution in [-0.4, -0.2) is 30.2 Å². The van der Waals surface area contributed by atoms with Crippen molar-refractivity contribution in [2.24, 2.45) is 0 Å². The summed E-state index contributed by atoms with van der Waals surface area (Å²) < 4.78 is 11.1. The van der Waals surface area contributed by atoms with Gasteiger partial charge in [-0.15, -0.1) is 0 Å². The fourth-order valence-electron chi connectivity index (χ4n) is 2.78. The molecule has 1 aliphatic rings. The van der Waals surface area contributed by atoms with Crippen molar-refractivity contribution in [3.63, 3.8) is 0 Å². The number of anilines is 1. The van der Waals surface area contributed by atoms with Gasteiger partial charge >= 0.3 is 5.97 Å². The number of nitrogens with one attached hydrogen (secondary N) is 1. The van der Waals surface area contributed by atoms with Crippen LogP contribution in [0.15, 0.2) is 36.4 Å². The van der Waals surface area contributed by atoms with Crippen molar-refractivity contribution < 1.29 is 24.2 Å². The van der Waals surface area contributed by atoms with Gasteiger partial charge in [0.05, 0.1) is 11.0 Å². The number of hydrogen-bond donors (Lipinski definition) is 2. The monoisotopic (exact) mass is 355 g/mol. The van der Waals surface area contributed by atoms with Crippen LogP contribution in [0.2, 0.25) is 0 Å². The Hall–Kier alpha value is -3.02. The first-order chi connectivity index (χ1) is 12.3. The lowest BCUT2D eigenvalue weighted by Gasteiger charge is -2.26. The third-order valence-electron chi connectivity index (χ3n) is 4.56.